The first kappa shape index (κ1) is 13.0. The van der Waals surface area contributed by atoms with Crippen molar-refractivity contribution in [1.29, 1.82) is 0 Å². The van der Waals surface area contributed by atoms with Crippen LogP contribution in [0.5, 0.6) is 5.75 Å². The van der Waals surface area contributed by atoms with Gasteiger partial charge in [-0.3, -0.25) is 9.59 Å². The van der Waals surface area contributed by atoms with E-state index in [0.717, 1.165) is 0 Å². The van der Waals surface area contributed by atoms with Crippen LogP contribution in [0.4, 0.5) is 13.2 Å². The van der Waals surface area contributed by atoms with E-state index < -0.39 is 32.9 Å². The number of carbonyl (C=O) groups is 1. The highest BCUT2D eigenvalue weighted by Gasteiger charge is 2.33. The molecule has 0 atom stereocenters. The van der Waals surface area contributed by atoms with E-state index in [2.05, 4.69) is 20.7 Å². The van der Waals surface area contributed by atoms with Crippen molar-refractivity contribution >= 4 is 32.8 Å². The topological polar surface area (TPSA) is 59.2 Å². The van der Waals surface area contributed by atoms with Crippen LogP contribution in [-0.4, -0.2) is 16.6 Å². The predicted molar refractivity (Wildman–Crippen MR) is 51.6 cm³/mol. The lowest BCUT2D eigenvalue weighted by molar-refractivity contribution is -0.275. The minimum absolute atomic E-state index is 0.450. The second kappa shape index (κ2) is 4.46. The van der Waals surface area contributed by atoms with Gasteiger partial charge in [0.15, 0.2) is 5.75 Å². The van der Waals surface area contributed by atoms with Gasteiger partial charge in [-0.05, 0) is 27.5 Å². The Morgan fingerprint density at radius 3 is 2.50 bits per heavy atom. The van der Waals surface area contributed by atoms with Crippen LogP contribution in [0.3, 0.4) is 0 Å². The van der Waals surface area contributed by atoms with E-state index in [-0.39, 0.29) is 0 Å². The number of ether oxygens (including phenoxy) is 1. The lowest BCUT2D eigenvalue weighted by Gasteiger charge is -2.10. The molecule has 1 aromatic heterocycles. The zero-order valence-corrected chi connectivity index (χ0v) is 9.53. The molecule has 9 heteroatoms. The molecular weight excluding hydrogens is 318 g/mol. The zero-order valence-electron chi connectivity index (χ0n) is 7.19. The van der Waals surface area contributed by atoms with Crippen molar-refractivity contribution in [2.75, 3.05) is 0 Å². The van der Waals surface area contributed by atoms with Crippen LogP contribution in [0.2, 0.25) is 0 Å². The second-order valence-electron chi connectivity index (χ2n) is 2.49. The van der Waals surface area contributed by atoms with Crippen molar-refractivity contribution in [2.45, 2.75) is 6.36 Å². The number of pyridine rings is 1. The van der Waals surface area contributed by atoms with Crippen LogP contribution < -0.4 is 10.3 Å². The van der Waals surface area contributed by atoms with Gasteiger partial charge < -0.3 is 9.72 Å². The number of aromatic nitrogens is 1. The lowest BCUT2D eigenvalue weighted by atomic mass is 10.3. The Kier molecular flexibility index (Phi) is 3.64. The summed E-state index contributed by atoms with van der Waals surface area (Å²) in [6.45, 7) is 0. The molecule has 0 spiro atoms. The molecule has 1 N–H and O–H groups in total. The van der Waals surface area contributed by atoms with Gasteiger partial charge in [0.05, 0.1) is 4.47 Å². The van der Waals surface area contributed by atoms with Gasteiger partial charge in [-0.25, -0.2) is 0 Å². The molecule has 0 aliphatic rings. The Balaban J connectivity index is 3.30. The summed E-state index contributed by atoms with van der Waals surface area (Å²) in [7, 11) is 0. The smallest absolute Gasteiger partial charge is 0.403 e. The number of carbonyl (C=O) groups excluding carboxylic acids is 1. The van der Waals surface area contributed by atoms with E-state index in [1.165, 1.54) is 0 Å². The maximum Gasteiger partial charge on any atom is 0.573 e. The summed E-state index contributed by atoms with van der Waals surface area (Å²) in [5.74, 6) is -0.754. The van der Waals surface area contributed by atoms with Gasteiger partial charge in [0, 0.05) is 6.20 Å². The molecule has 0 saturated heterocycles. The van der Waals surface area contributed by atoms with Crippen molar-refractivity contribution < 1.29 is 22.7 Å². The number of rotatable bonds is 2. The van der Waals surface area contributed by atoms with Crippen molar-refractivity contribution in [3.8, 4) is 5.75 Å². The average Bonchev–Trinajstić information content (AvgIpc) is 2.07. The van der Waals surface area contributed by atoms with E-state index in [0.29, 0.717) is 6.20 Å². The molecule has 0 aliphatic heterocycles. The number of H-pyrrole nitrogens is 1. The average molecular weight is 320 g/mol. The SMILES string of the molecule is O=C(Cl)c1c(Br)c(OC(F)(F)F)c[nH]c1=O. The second-order valence-corrected chi connectivity index (χ2v) is 3.63. The number of nitrogens with one attached hydrogen (secondary N) is 1. The van der Waals surface area contributed by atoms with Crippen molar-refractivity contribution in [1.82, 2.24) is 4.98 Å². The van der Waals surface area contributed by atoms with Crippen LogP contribution in [-0.2, 0) is 0 Å². The number of hydrogen-bond donors (Lipinski definition) is 1. The van der Waals surface area contributed by atoms with Gasteiger partial charge >= 0.3 is 6.36 Å². The van der Waals surface area contributed by atoms with E-state index >= 15 is 0 Å². The van der Waals surface area contributed by atoms with Crippen LogP contribution in [0.15, 0.2) is 15.5 Å². The van der Waals surface area contributed by atoms with Gasteiger partial charge in [-0.1, -0.05) is 0 Å². The van der Waals surface area contributed by atoms with Crippen molar-refractivity contribution in [2.24, 2.45) is 0 Å². The third kappa shape index (κ3) is 2.99. The van der Waals surface area contributed by atoms with Crippen LogP contribution in [0, 0.1) is 0 Å². The summed E-state index contributed by atoms with van der Waals surface area (Å²) in [4.78, 5) is 23.8. The molecule has 1 aromatic rings. The first-order chi connectivity index (χ1) is 7.22. The standard InChI is InChI=1S/C7H2BrClF3NO3/c8-4-2(16-7(10,11)12)1-13-6(15)3(4)5(9)14/h1H,(H,13,15). The molecule has 0 saturated carbocycles. The molecule has 1 heterocycles. The highest BCUT2D eigenvalue weighted by atomic mass is 79.9. The molecular formula is C7H2BrClF3NO3. The van der Waals surface area contributed by atoms with Crippen LogP contribution in [0.1, 0.15) is 10.4 Å². The monoisotopic (exact) mass is 319 g/mol. The molecule has 0 aromatic carbocycles. The first-order valence-corrected chi connectivity index (χ1v) is 4.76. The summed E-state index contributed by atoms with van der Waals surface area (Å²) in [6.07, 6.45) is -4.27. The van der Waals surface area contributed by atoms with E-state index in [1.54, 1.807) is 0 Å². The van der Waals surface area contributed by atoms with Gasteiger partial charge in [0.2, 0.25) is 0 Å². The molecule has 0 amide bonds. The Bertz CT molecular complexity index is 485. The van der Waals surface area contributed by atoms with Gasteiger partial charge in [0.1, 0.15) is 5.56 Å². The maximum atomic E-state index is 11.9. The number of aromatic amines is 1. The fourth-order valence-corrected chi connectivity index (χ4v) is 1.71. The summed E-state index contributed by atoms with van der Waals surface area (Å²) in [5.41, 5.74) is -1.56. The number of halogens is 5. The highest BCUT2D eigenvalue weighted by molar-refractivity contribution is 9.10. The van der Waals surface area contributed by atoms with E-state index in [1.807, 2.05) is 4.98 Å². The highest BCUT2D eigenvalue weighted by Crippen LogP contribution is 2.31. The Morgan fingerprint density at radius 1 is 1.50 bits per heavy atom. The third-order valence-corrected chi connectivity index (χ3v) is 2.40. The minimum Gasteiger partial charge on any atom is -0.403 e. The molecule has 0 unspecified atom stereocenters. The van der Waals surface area contributed by atoms with Crippen molar-refractivity contribution in [3.63, 3.8) is 0 Å². The molecule has 16 heavy (non-hydrogen) atoms. The Labute approximate surface area is 99.5 Å². The Morgan fingerprint density at radius 2 is 2.06 bits per heavy atom. The number of alkyl halides is 3. The van der Waals surface area contributed by atoms with Crippen LogP contribution >= 0.6 is 27.5 Å². The van der Waals surface area contributed by atoms with Gasteiger partial charge in [-0.2, -0.15) is 0 Å². The predicted octanol–water partition coefficient (Wildman–Crippen LogP) is 2.41. The largest absolute Gasteiger partial charge is 0.573 e. The molecule has 0 radical (unpaired) electrons. The summed E-state index contributed by atoms with van der Waals surface area (Å²) in [6, 6.07) is 0. The van der Waals surface area contributed by atoms with Crippen LogP contribution in [0.25, 0.3) is 0 Å². The molecule has 4 nitrogen and oxygen atoms in total. The van der Waals surface area contributed by atoms with Gasteiger partial charge in [0.25, 0.3) is 10.8 Å². The molecule has 0 bridgehead atoms. The Hall–Kier alpha value is -1.02. The van der Waals surface area contributed by atoms with E-state index in [4.69, 9.17) is 11.6 Å². The fraction of sp³-hybridized carbons (Fsp3) is 0.143. The van der Waals surface area contributed by atoms with Gasteiger partial charge in [-0.15, -0.1) is 13.2 Å². The number of hydrogen-bond acceptors (Lipinski definition) is 3. The molecule has 1 rings (SSSR count). The molecule has 0 aliphatic carbocycles. The summed E-state index contributed by atoms with van der Waals surface area (Å²) < 4.78 is 38.8. The fourth-order valence-electron chi connectivity index (χ4n) is 0.864. The van der Waals surface area contributed by atoms with Crippen molar-refractivity contribution in [3.05, 3.63) is 26.6 Å². The third-order valence-electron chi connectivity index (χ3n) is 1.42. The minimum atomic E-state index is -4.94. The summed E-state index contributed by atoms with van der Waals surface area (Å²) in [5, 5.41) is -1.19. The lowest BCUT2D eigenvalue weighted by Crippen LogP contribution is -2.21. The first-order valence-electron chi connectivity index (χ1n) is 3.59. The molecule has 0 fully saturated rings. The zero-order chi connectivity index (χ0) is 12.5. The normalized spacial score (nSPS) is 11.3. The van der Waals surface area contributed by atoms with E-state index in [9.17, 15) is 22.8 Å². The summed E-state index contributed by atoms with van der Waals surface area (Å²) >= 11 is 7.67. The maximum absolute atomic E-state index is 11.9. The molecule has 88 valence electrons. The quantitative estimate of drug-likeness (QED) is 0.851.